The SMILES string of the molecule is C=C(C)[C@H](O)[C@@H](CO)COCc1ccccc1. The molecule has 0 amide bonds. The molecule has 1 rings (SSSR count). The lowest BCUT2D eigenvalue weighted by atomic mass is 9.99. The molecule has 0 fully saturated rings. The summed E-state index contributed by atoms with van der Waals surface area (Å²) < 4.78 is 5.48. The summed E-state index contributed by atoms with van der Waals surface area (Å²) in [6.45, 7) is 6.11. The van der Waals surface area contributed by atoms with E-state index < -0.39 is 6.10 Å². The van der Waals surface area contributed by atoms with Gasteiger partial charge in [0, 0.05) is 5.92 Å². The van der Waals surface area contributed by atoms with Crippen LogP contribution in [-0.4, -0.2) is 29.5 Å². The number of hydrogen-bond acceptors (Lipinski definition) is 3. The first-order valence-corrected chi connectivity index (χ1v) is 5.71. The minimum Gasteiger partial charge on any atom is -0.396 e. The van der Waals surface area contributed by atoms with Crippen LogP contribution in [0.4, 0.5) is 0 Å². The van der Waals surface area contributed by atoms with Gasteiger partial charge >= 0.3 is 0 Å². The molecule has 0 aliphatic carbocycles. The van der Waals surface area contributed by atoms with Crippen LogP contribution in [0.3, 0.4) is 0 Å². The van der Waals surface area contributed by atoms with Crippen LogP contribution in [0.25, 0.3) is 0 Å². The van der Waals surface area contributed by atoms with E-state index in [9.17, 15) is 5.11 Å². The summed E-state index contributed by atoms with van der Waals surface area (Å²) in [5, 5.41) is 18.9. The van der Waals surface area contributed by atoms with Crippen LogP contribution in [0.5, 0.6) is 0 Å². The molecule has 2 N–H and O–H groups in total. The summed E-state index contributed by atoms with van der Waals surface area (Å²) in [6.07, 6.45) is -0.712. The molecule has 0 saturated carbocycles. The Hall–Kier alpha value is -1.16. The molecule has 0 radical (unpaired) electrons. The largest absolute Gasteiger partial charge is 0.396 e. The highest BCUT2D eigenvalue weighted by atomic mass is 16.5. The van der Waals surface area contributed by atoms with Crippen molar-refractivity contribution < 1.29 is 14.9 Å². The number of rotatable bonds is 7. The van der Waals surface area contributed by atoms with E-state index in [1.54, 1.807) is 6.92 Å². The Morgan fingerprint density at radius 3 is 2.53 bits per heavy atom. The zero-order chi connectivity index (χ0) is 12.7. The number of aliphatic hydroxyl groups excluding tert-OH is 2. The van der Waals surface area contributed by atoms with Gasteiger partial charge in [-0.2, -0.15) is 0 Å². The molecule has 17 heavy (non-hydrogen) atoms. The summed E-state index contributed by atoms with van der Waals surface area (Å²) in [4.78, 5) is 0. The van der Waals surface area contributed by atoms with Gasteiger partial charge in [-0.15, -0.1) is 0 Å². The van der Waals surface area contributed by atoms with E-state index in [0.717, 1.165) is 5.56 Å². The normalized spacial score (nSPS) is 14.3. The van der Waals surface area contributed by atoms with Gasteiger partial charge in [-0.3, -0.25) is 0 Å². The average Bonchev–Trinajstić information content (AvgIpc) is 2.35. The van der Waals surface area contributed by atoms with Gasteiger partial charge in [-0.1, -0.05) is 42.5 Å². The third-order valence-corrected chi connectivity index (χ3v) is 2.63. The minimum absolute atomic E-state index is 0.108. The van der Waals surface area contributed by atoms with Crippen molar-refractivity contribution in [3.05, 3.63) is 48.0 Å². The van der Waals surface area contributed by atoms with E-state index in [0.29, 0.717) is 18.8 Å². The molecule has 0 aliphatic heterocycles. The van der Waals surface area contributed by atoms with Crippen molar-refractivity contribution in [1.29, 1.82) is 0 Å². The lowest BCUT2D eigenvalue weighted by Gasteiger charge is -2.21. The molecule has 94 valence electrons. The Labute approximate surface area is 102 Å². The van der Waals surface area contributed by atoms with Gasteiger partial charge in [-0.05, 0) is 12.5 Å². The highest BCUT2D eigenvalue weighted by Crippen LogP contribution is 2.12. The summed E-state index contributed by atoms with van der Waals surface area (Å²) in [7, 11) is 0. The molecule has 3 heteroatoms. The second-order valence-corrected chi connectivity index (χ2v) is 4.23. The molecule has 1 aromatic carbocycles. The summed E-state index contributed by atoms with van der Waals surface area (Å²) in [5.74, 6) is -0.309. The van der Waals surface area contributed by atoms with Crippen LogP contribution < -0.4 is 0 Å². The monoisotopic (exact) mass is 236 g/mol. The van der Waals surface area contributed by atoms with E-state index >= 15 is 0 Å². The van der Waals surface area contributed by atoms with E-state index in [4.69, 9.17) is 9.84 Å². The molecule has 0 bridgehead atoms. The average molecular weight is 236 g/mol. The van der Waals surface area contributed by atoms with Gasteiger partial charge in [0.25, 0.3) is 0 Å². The number of hydrogen-bond donors (Lipinski definition) is 2. The quantitative estimate of drug-likeness (QED) is 0.709. The Morgan fingerprint density at radius 1 is 1.35 bits per heavy atom. The van der Waals surface area contributed by atoms with Gasteiger partial charge in [0.1, 0.15) is 0 Å². The van der Waals surface area contributed by atoms with Crippen molar-refractivity contribution >= 4 is 0 Å². The number of aliphatic hydroxyl groups is 2. The van der Waals surface area contributed by atoms with Crippen LogP contribution >= 0.6 is 0 Å². The molecular formula is C14H20O3. The van der Waals surface area contributed by atoms with Crippen molar-refractivity contribution in [3.63, 3.8) is 0 Å². The fraction of sp³-hybridized carbons (Fsp3) is 0.429. The van der Waals surface area contributed by atoms with E-state index in [2.05, 4.69) is 6.58 Å². The fourth-order valence-electron chi connectivity index (χ4n) is 1.55. The van der Waals surface area contributed by atoms with Gasteiger partial charge in [-0.25, -0.2) is 0 Å². The molecule has 0 spiro atoms. The molecule has 3 nitrogen and oxygen atoms in total. The summed E-state index contributed by atoms with van der Waals surface area (Å²) in [6, 6.07) is 9.80. The molecule has 0 unspecified atom stereocenters. The predicted octanol–water partition coefficient (Wildman–Crippen LogP) is 1.75. The van der Waals surface area contributed by atoms with Crippen molar-refractivity contribution in [1.82, 2.24) is 0 Å². The van der Waals surface area contributed by atoms with Crippen LogP contribution in [0.2, 0.25) is 0 Å². The van der Waals surface area contributed by atoms with E-state index in [-0.39, 0.29) is 12.5 Å². The van der Waals surface area contributed by atoms with Crippen molar-refractivity contribution in [3.8, 4) is 0 Å². The second-order valence-electron chi connectivity index (χ2n) is 4.23. The molecule has 0 heterocycles. The first-order valence-electron chi connectivity index (χ1n) is 5.71. The van der Waals surface area contributed by atoms with Gasteiger partial charge in [0.2, 0.25) is 0 Å². The smallest absolute Gasteiger partial charge is 0.0817 e. The van der Waals surface area contributed by atoms with E-state index in [1.807, 2.05) is 30.3 Å². The number of benzene rings is 1. The van der Waals surface area contributed by atoms with Gasteiger partial charge in [0.05, 0.1) is 25.9 Å². The fourth-order valence-corrected chi connectivity index (χ4v) is 1.55. The lowest BCUT2D eigenvalue weighted by Crippen LogP contribution is -2.28. The van der Waals surface area contributed by atoms with Crippen LogP contribution in [-0.2, 0) is 11.3 Å². The van der Waals surface area contributed by atoms with Gasteiger partial charge in [0.15, 0.2) is 0 Å². The zero-order valence-corrected chi connectivity index (χ0v) is 10.2. The van der Waals surface area contributed by atoms with Crippen molar-refractivity contribution in [2.45, 2.75) is 19.6 Å². The first kappa shape index (κ1) is 13.9. The number of ether oxygens (including phenoxy) is 1. The Kier molecular flexibility index (Phi) is 5.91. The lowest BCUT2D eigenvalue weighted by molar-refractivity contribution is 0.00987. The highest BCUT2D eigenvalue weighted by Gasteiger charge is 2.19. The minimum atomic E-state index is -0.712. The maximum absolute atomic E-state index is 9.74. The molecule has 2 atom stereocenters. The Bertz CT molecular complexity index is 335. The standard InChI is InChI=1S/C14H20O3/c1-11(2)14(16)13(8-15)10-17-9-12-6-4-3-5-7-12/h3-7,13-16H,1,8-10H2,2H3/t13-,14-/m0/s1. The molecule has 0 aromatic heterocycles. The molecule has 0 saturated heterocycles. The maximum Gasteiger partial charge on any atom is 0.0817 e. The third kappa shape index (κ3) is 4.69. The predicted molar refractivity (Wildman–Crippen MR) is 67.5 cm³/mol. The Morgan fingerprint density at radius 2 is 2.00 bits per heavy atom. The van der Waals surface area contributed by atoms with Gasteiger partial charge < -0.3 is 14.9 Å². The molecule has 1 aromatic rings. The molecular weight excluding hydrogens is 216 g/mol. The van der Waals surface area contributed by atoms with Crippen LogP contribution in [0.1, 0.15) is 12.5 Å². The van der Waals surface area contributed by atoms with Crippen molar-refractivity contribution in [2.75, 3.05) is 13.2 Å². The third-order valence-electron chi connectivity index (χ3n) is 2.63. The summed E-state index contributed by atoms with van der Waals surface area (Å²) >= 11 is 0. The second kappa shape index (κ2) is 7.22. The van der Waals surface area contributed by atoms with Crippen LogP contribution in [0.15, 0.2) is 42.5 Å². The first-order chi connectivity index (χ1) is 8.15. The maximum atomic E-state index is 9.74. The summed E-state index contributed by atoms with van der Waals surface area (Å²) in [5.41, 5.74) is 1.72. The highest BCUT2D eigenvalue weighted by molar-refractivity contribution is 5.13. The van der Waals surface area contributed by atoms with E-state index in [1.165, 1.54) is 0 Å². The van der Waals surface area contributed by atoms with Crippen LogP contribution in [0, 0.1) is 5.92 Å². The molecule has 0 aliphatic rings. The Balaban J connectivity index is 2.36. The zero-order valence-electron chi connectivity index (χ0n) is 10.2. The van der Waals surface area contributed by atoms with Crippen molar-refractivity contribution in [2.24, 2.45) is 5.92 Å². The topological polar surface area (TPSA) is 49.7 Å².